The number of carbonyl (C=O) groups excluding carboxylic acids is 1. The van der Waals surface area contributed by atoms with Gasteiger partial charge in [-0.2, -0.15) is 0 Å². The Kier molecular flexibility index (Phi) is 6.26. The van der Waals surface area contributed by atoms with Gasteiger partial charge in [0, 0.05) is 17.6 Å². The third-order valence-corrected chi connectivity index (χ3v) is 5.57. The summed E-state index contributed by atoms with van der Waals surface area (Å²) in [6, 6.07) is 5.88. The van der Waals surface area contributed by atoms with Gasteiger partial charge in [-0.25, -0.2) is 0 Å². The van der Waals surface area contributed by atoms with Crippen molar-refractivity contribution in [1.29, 1.82) is 0 Å². The highest BCUT2D eigenvalue weighted by Gasteiger charge is 2.24. The molecule has 0 bridgehead atoms. The second kappa shape index (κ2) is 8.65. The van der Waals surface area contributed by atoms with Gasteiger partial charge in [-0.3, -0.25) is 4.79 Å². The zero-order valence-electron chi connectivity index (χ0n) is 16.1. The molecule has 8 heteroatoms. The van der Waals surface area contributed by atoms with E-state index in [0.717, 1.165) is 18.4 Å². The Bertz CT molecular complexity index is 785. The quantitative estimate of drug-likeness (QED) is 0.630. The summed E-state index contributed by atoms with van der Waals surface area (Å²) in [4.78, 5) is 14.7. The second-order valence-corrected chi connectivity index (χ2v) is 7.47. The Labute approximate surface area is 163 Å². The molecule has 0 N–H and O–H groups in total. The van der Waals surface area contributed by atoms with E-state index in [-0.39, 0.29) is 30.5 Å². The van der Waals surface area contributed by atoms with Crippen molar-refractivity contribution >= 4 is 17.7 Å². The molecule has 27 heavy (non-hydrogen) atoms. The van der Waals surface area contributed by atoms with E-state index in [2.05, 4.69) is 37.9 Å². The lowest BCUT2D eigenvalue weighted by Gasteiger charge is -2.33. The molecule has 1 aromatic carbocycles. The molecular weight excluding hydrogens is 366 g/mol. The van der Waals surface area contributed by atoms with Gasteiger partial charge in [-0.05, 0) is 44.9 Å². The average molecular weight is 391 g/mol. The Hall–Kier alpha value is -2.22. The zero-order chi connectivity index (χ0) is 19.4. The number of fused-ring (bicyclic) bond motifs is 1. The minimum atomic E-state index is 0.0894. The first-order chi connectivity index (χ1) is 13.0. The summed E-state index contributed by atoms with van der Waals surface area (Å²) in [6.45, 7) is 8.57. The minimum absolute atomic E-state index is 0.0894. The number of amides is 1. The molecule has 0 aliphatic carbocycles. The molecule has 1 aliphatic heterocycles. The SMILES string of the molecule is CC[C@@H](C)N(C(=O)CSc1nnc(-c2ccc3c(c2)OCO3)o1)[C@@H](C)CC. The first-order valence-corrected chi connectivity index (χ1v) is 10.2. The van der Waals surface area contributed by atoms with E-state index in [1.54, 1.807) is 0 Å². The van der Waals surface area contributed by atoms with Gasteiger partial charge < -0.3 is 18.8 Å². The van der Waals surface area contributed by atoms with E-state index in [1.807, 2.05) is 23.1 Å². The summed E-state index contributed by atoms with van der Waals surface area (Å²) in [7, 11) is 0. The molecule has 1 aliphatic rings. The van der Waals surface area contributed by atoms with Crippen molar-refractivity contribution in [3.8, 4) is 23.0 Å². The minimum Gasteiger partial charge on any atom is -0.454 e. The molecule has 3 rings (SSSR count). The number of nitrogens with zero attached hydrogens (tertiary/aromatic N) is 3. The summed E-state index contributed by atoms with van der Waals surface area (Å²) in [5.74, 6) is 2.12. The van der Waals surface area contributed by atoms with Crippen LogP contribution >= 0.6 is 11.8 Å². The first-order valence-electron chi connectivity index (χ1n) is 9.20. The highest BCUT2D eigenvalue weighted by molar-refractivity contribution is 7.99. The maximum absolute atomic E-state index is 12.7. The number of hydrogen-bond acceptors (Lipinski definition) is 7. The topological polar surface area (TPSA) is 77.7 Å². The van der Waals surface area contributed by atoms with E-state index >= 15 is 0 Å². The number of carbonyl (C=O) groups is 1. The summed E-state index contributed by atoms with van der Waals surface area (Å²) in [6.07, 6.45) is 1.85. The van der Waals surface area contributed by atoms with Crippen LogP contribution in [0.4, 0.5) is 0 Å². The van der Waals surface area contributed by atoms with E-state index in [0.29, 0.717) is 22.6 Å². The molecule has 2 atom stereocenters. The van der Waals surface area contributed by atoms with Crippen LogP contribution in [0.5, 0.6) is 11.5 Å². The van der Waals surface area contributed by atoms with Crippen molar-refractivity contribution in [1.82, 2.24) is 15.1 Å². The smallest absolute Gasteiger partial charge is 0.277 e. The van der Waals surface area contributed by atoms with Crippen molar-refractivity contribution in [2.24, 2.45) is 0 Å². The monoisotopic (exact) mass is 391 g/mol. The summed E-state index contributed by atoms with van der Waals surface area (Å²) in [5, 5.41) is 8.51. The summed E-state index contributed by atoms with van der Waals surface area (Å²) < 4.78 is 16.4. The van der Waals surface area contributed by atoms with E-state index < -0.39 is 0 Å². The lowest BCUT2D eigenvalue weighted by Crippen LogP contribution is -2.45. The molecule has 0 saturated heterocycles. The Morgan fingerprint density at radius 2 is 1.85 bits per heavy atom. The van der Waals surface area contributed by atoms with E-state index in [4.69, 9.17) is 13.9 Å². The van der Waals surface area contributed by atoms with Crippen LogP contribution in [-0.2, 0) is 4.79 Å². The van der Waals surface area contributed by atoms with Crippen LogP contribution in [0.25, 0.3) is 11.5 Å². The van der Waals surface area contributed by atoms with Crippen LogP contribution in [-0.4, -0.2) is 45.6 Å². The third-order valence-electron chi connectivity index (χ3n) is 4.76. The summed E-state index contributed by atoms with van der Waals surface area (Å²) >= 11 is 1.27. The summed E-state index contributed by atoms with van der Waals surface area (Å²) in [5.41, 5.74) is 0.755. The van der Waals surface area contributed by atoms with Gasteiger partial charge in [0.2, 0.25) is 18.6 Å². The molecule has 0 fully saturated rings. The molecule has 0 radical (unpaired) electrons. The van der Waals surface area contributed by atoms with Crippen molar-refractivity contribution in [2.75, 3.05) is 12.5 Å². The van der Waals surface area contributed by atoms with Crippen LogP contribution < -0.4 is 9.47 Å². The molecule has 2 aromatic rings. The van der Waals surface area contributed by atoms with Crippen molar-refractivity contribution < 1.29 is 18.7 Å². The predicted octanol–water partition coefficient (Wildman–Crippen LogP) is 3.98. The lowest BCUT2D eigenvalue weighted by atomic mass is 10.1. The fourth-order valence-corrected chi connectivity index (χ4v) is 3.56. The number of hydrogen-bond donors (Lipinski definition) is 0. The van der Waals surface area contributed by atoms with Crippen LogP contribution in [0, 0.1) is 0 Å². The van der Waals surface area contributed by atoms with Gasteiger partial charge in [0.05, 0.1) is 5.75 Å². The third kappa shape index (κ3) is 4.37. The number of aromatic nitrogens is 2. The Balaban J connectivity index is 1.64. The fourth-order valence-electron chi connectivity index (χ4n) is 2.93. The second-order valence-electron chi connectivity index (χ2n) is 6.55. The first kappa shape index (κ1) is 19.5. The Morgan fingerprint density at radius 1 is 1.15 bits per heavy atom. The maximum atomic E-state index is 12.7. The van der Waals surface area contributed by atoms with Crippen molar-refractivity contribution in [2.45, 2.75) is 57.8 Å². The molecule has 1 aromatic heterocycles. The molecule has 0 spiro atoms. The zero-order valence-corrected chi connectivity index (χ0v) is 16.9. The highest BCUT2D eigenvalue weighted by Crippen LogP contribution is 2.36. The number of thioether (sulfide) groups is 1. The van der Waals surface area contributed by atoms with Crippen LogP contribution in [0.2, 0.25) is 0 Å². The number of ether oxygens (including phenoxy) is 2. The van der Waals surface area contributed by atoms with Gasteiger partial charge >= 0.3 is 0 Å². The maximum Gasteiger partial charge on any atom is 0.277 e. The average Bonchev–Trinajstić information content (AvgIpc) is 3.34. The van der Waals surface area contributed by atoms with E-state index in [9.17, 15) is 4.79 Å². The van der Waals surface area contributed by atoms with Crippen LogP contribution in [0.1, 0.15) is 40.5 Å². The van der Waals surface area contributed by atoms with Crippen molar-refractivity contribution in [3.05, 3.63) is 18.2 Å². The molecule has 1 amide bonds. The molecule has 7 nitrogen and oxygen atoms in total. The van der Waals surface area contributed by atoms with Gasteiger partial charge in [0.15, 0.2) is 11.5 Å². The molecule has 0 unspecified atom stereocenters. The van der Waals surface area contributed by atoms with E-state index in [1.165, 1.54) is 11.8 Å². The fraction of sp³-hybridized carbons (Fsp3) is 0.526. The Morgan fingerprint density at radius 3 is 2.56 bits per heavy atom. The molecule has 146 valence electrons. The highest BCUT2D eigenvalue weighted by atomic mass is 32.2. The molecule has 0 saturated carbocycles. The van der Waals surface area contributed by atoms with Gasteiger partial charge in [-0.1, -0.05) is 25.6 Å². The van der Waals surface area contributed by atoms with Crippen LogP contribution in [0.3, 0.4) is 0 Å². The van der Waals surface area contributed by atoms with Gasteiger partial charge in [0.1, 0.15) is 0 Å². The lowest BCUT2D eigenvalue weighted by molar-refractivity contribution is -0.132. The standard InChI is InChI=1S/C19H25N3O4S/c1-5-12(3)22(13(4)6-2)17(23)10-27-19-21-20-18(26-19)14-7-8-15-16(9-14)25-11-24-15/h7-9,12-13H,5-6,10-11H2,1-4H3/t12-,13+. The van der Waals surface area contributed by atoms with Gasteiger partial charge in [0.25, 0.3) is 5.22 Å². The van der Waals surface area contributed by atoms with Gasteiger partial charge in [-0.15, -0.1) is 10.2 Å². The normalized spacial score (nSPS) is 14.8. The van der Waals surface area contributed by atoms with Crippen LogP contribution in [0.15, 0.2) is 27.8 Å². The van der Waals surface area contributed by atoms with Crippen molar-refractivity contribution in [3.63, 3.8) is 0 Å². The molecular formula is C19H25N3O4S. The number of rotatable bonds is 8. The predicted molar refractivity (Wildman–Crippen MR) is 103 cm³/mol. The largest absolute Gasteiger partial charge is 0.454 e. The number of benzene rings is 1. The molecule has 2 heterocycles.